The van der Waals surface area contributed by atoms with E-state index in [9.17, 15) is 9.59 Å². The van der Waals surface area contributed by atoms with Crippen molar-refractivity contribution in [3.05, 3.63) is 108 Å². The Labute approximate surface area is 180 Å². The third-order valence-electron chi connectivity index (χ3n) is 4.99. The van der Waals surface area contributed by atoms with Crippen molar-refractivity contribution in [3.63, 3.8) is 0 Å². The number of carbonyl (C=O) groups is 2. The number of nitrogens with two attached hydrogens (primary N) is 1. The molecule has 4 N–H and O–H groups in total. The third-order valence-corrected chi connectivity index (χ3v) is 4.99. The molecule has 1 aromatic heterocycles. The van der Waals surface area contributed by atoms with Crippen LogP contribution in [-0.2, 0) is 6.42 Å². The number of nitrogens with zero attached hydrogens (tertiary/aromatic N) is 1. The standard InChI is InChI=1S/C25H22N4O2/c26-23-21-16-20(12-11-18(21)13-14-27-23)25(31)29-22(15-17-7-3-1-4-8-17)28-24(30)19-9-5-2-6-10-19/h1-14,16,22H,15H2,(H2,26,27)(H,28,30)(H,29,31)/t22-/m1/s1. The quantitative estimate of drug-likeness (QED) is 0.424. The maximum atomic E-state index is 13.0. The molecule has 0 unspecified atom stereocenters. The van der Waals surface area contributed by atoms with Crippen LogP contribution >= 0.6 is 0 Å². The lowest BCUT2D eigenvalue weighted by molar-refractivity contribution is 0.0884. The van der Waals surface area contributed by atoms with E-state index in [1.54, 1.807) is 42.6 Å². The predicted octanol–water partition coefficient (Wildman–Crippen LogP) is 3.55. The van der Waals surface area contributed by atoms with Gasteiger partial charge in [0.15, 0.2) is 0 Å². The molecular weight excluding hydrogens is 388 g/mol. The van der Waals surface area contributed by atoms with E-state index in [1.165, 1.54) is 0 Å². The zero-order valence-corrected chi connectivity index (χ0v) is 16.8. The van der Waals surface area contributed by atoms with Gasteiger partial charge < -0.3 is 16.4 Å². The molecule has 0 bridgehead atoms. The minimum atomic E-state index is -0.593. The number of rotatable bonds is 6. The molecule has 0 fully saturated rings. The maximum Gasteiger partial charge on any atom is 0.252 e. The first kappa shape index (κ1) is 20.1. The summed E-state index contributed by atoms with van der Waals surface area (Å²) in [5.74, 6) is -0.196. The SMILES string of the molecule is Nc1nccc2ccc(C(=O)N[C@H](Cc3ccccc3)NC(=O)c3ccccc3)cc12. The van der Waals surface area contributed by atoms with Gasteiger partial charge in [-0.25, -0.2) is 4.98 Å². The molecule has 0 aliphatic heterocycles. The van der Waals surface area contributed by atoms with Gasteiger partial charge in [0.05, 0.1) is 0 Å². The minimum Gasteiger partial charge on any atom is -0.383 e. The summed E-state index contributed by atoms with van der Waals surface area (Å²) in [6.45, 7) is 0. The van der Waals surface area contributed by atoms with Gasteiger partial charge in [-0.1, -0.05) is 54.6 Å². The Bertz CT molecular complexity index is 1210. The highest BCUT2D eigenvalue weighted by Gasteiger charge is 2.18. The van der Waals surface area contributed by atoms with Gasteiger partial charge >= 0.3 is 0 Å². The van der Waals surface area contributed by atoms with E-state index in [0.29, 0.717) is 28.8 Å². The zero-order chi connectivity index (χ0) is 21.6. The average molecular weight is 410 g/mol. The molecule has 0 saturated heterocycles. The zero-order valence-electron chi connectivity index (χ0n) is 16.8. The molecule has 2 amide bonds. The maximum absolute atomic E-state index is 13.0. The van der Waals surface area contributed by atoms with Gasteiger partial charge in [0, 0.05) is 29.1 Å². The van der Waals surface area contributed by atoms with E-state index in [0.717, 1.165) is 10.9 Å². The number of amides is 2. The lowest BCUT2D eigenvalue weighted by atomic mass is 10.1. The Morgan fingerprint density at radius 1 is 0.806 bits per heavy atom. The molecule has 0 saturated carbocycles. The van der Waals surface area contributed by atoms with Crippen LogP contribution in [0.1, 0.15) is 26.3 Å². The monoisotopic (exact) mass is 410 g/mol. The smallest absolute Gasteiger partial charge is 0.252 e. The number of hydrogen-bond donors (Lipinski definition) is 3. The van der Waals surface area contributed by atoms with Gasteiger partial charge in [0.2, 0.25) is 0 Å². The first-order valence-electron chi connectivity index (χ1n) is 9.95. The molecule has 0 spiro atoms. The van der Waals surface area contributed by atoms with Crippen molar-refractivity contribution in [1.29, 1.82) is 0 Å². The summed E-state index contributed by atoms with van der Waals surface area (Å²) in [5.41, 5.74) is 7.92. The molecule has 31 heavy (non-hydrogen) atoms. The van der Waals surface area contributed by atoms with Gasteiger partial charge in [-0.2, -0.15) is 0 Å². The Morgan fingerprint density at radius 2 is 1.45 bits per heavy atom. The number of aromatic nitrogens is 1. The van der Waals surface area contributed by atoms with Crippen LogP contribution in [0.2, 0.25) is 0 Å². The molecule has 6 heteroatoms. The van der Waals surface area contributed by atoms with E-state index in [4.69, 9.17) is 5.73 Å². The highest BCUT2D eigenvalue weighted by atomic mass is 16.2. The van der Waals surface area contributed by atoms with Crippen molar-refractivity contribution in [1.82, 2.24) is 15.6 Å². The van der Waals surface area contributed by atoms with E-state index in [1.807, 2.05) is 48.5 Å². The van der Waals surface area contributed by atoms with Crippen molar-refractivity contribution < 1.29 is 9.59 Å². The summed E-state index contributed by atoms with van der Waals surface area (Å²) in [4.78, 5) is 29.8. The van der Waals surface area contributed by atoms with E-state index in [2.05, 4.69) is 15.6 Å². The van der Waals surface area contributed by atoms with Crippen LogP contribution in [0.15, 0.2) is 91.1 Å². The van der Waals surface area contributed by atoms with E-state index < -0.39 is 6.17 Å². The molecule has 0 radical (unpaired) electrons. The van der Waals surface area contributed by atoms with Crippen LogP contribution in [0.3, 0.4) is 0 Å². The molecule has 0 aliphatic carbocycles. The number of hydrogen-bond acceptors (Lipinski definition) is 4. The Hall–Kier alpha value is -4.19. The summed E-state index contributed by atoms with van der Waals surface area (Å²) in [7, 11) is 0. The fraction of sp³-hybridized carbons (Fsp3) is 0.0800. The highest BCUT2D eigenvalue weighted by molar-refractivity contribution is 6.01. The van der Waals surface area contributed by atoms with Crippen molar-refractivity contribution in [2.45, 2.75) is 12.6 Å². The van der Waals surface area contributed by atoms with Crippen molar-refractivity contribution in [2.75, 3.05) is 5.73 Å². The van der Waals surface area contributed by atoms with Crippen molar-refractivity contribution in [2.24, 2.45) is 0 Å². The number of carbonyl (C=O) groups excluding carboxylic acids is 2. The summed E-state index contributed by atoms with van der Waals surface area (Å²) in [6.07, 6.45) is 1.49. The molecular formula is C25H22N4O2. The topological polar surface area (TPSA) is 97.1 Å². The summed E-state index contributed by atoms with van der Waals surface area (Å²) >= 11 is 0. The van der Waals surface area contributed by atoms with Crippen LogP contribution in [-0.4, -0.2) is 23.0 Å². The summed E-state index contributed by atoms with van der Waals surface area (Å²) in [5, 5.41) is 7.47. The first-order chi connectivity index (χ1) is 15.1. The largest absolute Gasteiger partial charge is 0.383 e. The number of nitrogen functional groups attached to an aromatic ring is 1. The van der Waals surface area contributed by atoms with Gasteiger partial charge in [-0.3, -0.25) is 9.59 Å². The summed E-state index contributed by atoms with van der Waals surface area (Å²) in [6, 6.07) is 25.7. The fourth-order valence-corrected chi connectivity index (χ4v) is 3.39. The second kappa shape index (κ2) is 9.09. The van der Waals surface area contributed by atoms with Gasteiger partial charge in [-0.15, -0.1) is 0 Å². The van der Waals surface area contributed by atoms with Gasteiger partial charge in [0.1, 0.15) is 12.0 Å². The number of nitrogens with one attached hydrogen (secondary N) is 2. The van der Waals surface area contributed by atoms with Crippen LogP contribution in [0.25, 0.3) is 10.8 Å². The van der Waals surface area contributed by atoms with Crippen molar-refractivity contribution >= 4 is 28.4 Å². The Kier molecular flexibility index (Phi) is 5.89. The van der Waals surface area contributed by atoms with E-state index >= 15 is 0 Å². The Balaban J connectivity index is 1.56. The molecule has 1 heterocycles. The molecule has 0 aliphatic rings. The highest BCUT2D eigenvalue weighted by Crippen LogP contribution is 2.20. The third kappa shape index (κ3) is 4.87. The van der Waals surface area contributed by atoms with Crippen LogP contribution in [0.5, 0.6) is 0 Å². The number of anilines is 1. The molecule has 4 rings (SSSR count). The summed E-state index contributed by atoms with van der Waals surface area (Å²) < 4.78 is 0. The average Bonchev–Trinajstić information content (AvgIpc) is 2.80. The van der Waals surface area contributed by atoms with Crippen LogP contribution in [0, 0.1) is 0 Å². The minimum absolute atomic E-state index is 0.256. The first-order valence-corrected chi connectivity index (χ1v) is 9.95. The van der Waals surface area contributed by atoms with Crippen LogP contribution < -0.4 is 16.4 Å². The van der Waals surface area contributed by atoms with Gasteiger partial charge in [-0.05, 0) is 41.3 Å². The normalized spacial score (nSPS) is 11.6. The number of pyridine rings is 1. The molecule has 154 valence electrons. The molecule has 3 aromatic carbocycles. The molecule has 1 atom stereocenters. The molecule has 4 aromatic rings. The van der Waals surface area contributed by atoms with Crippen molar-refractivity contribution in [3.8, 4) is 0 Å². The van der Waals surface area contributed by atoms with Gasteiger partial charge in [0.25, 0.3) is 11.8 Å². The second-order valence-electron chi connectivity index (χ2n) is 7.19. The Morgan fingerprint density at radius 3 is 2.16 bits per heavy atom. The van der Waals surface area contributed by atoms with Crippen LogP contribution in [0.4, 0.5) is 5.82 Å². The second-order valence-corrected chi connectivity index (χ2v) is 7.19. The lowest BCUT2D eigenvalue weighted by Gasteiger charge is -2.21. The predicted molar refractivity (Wildman–Crippen MR) is 121 cm³/mol. The fourth-order valence-electron chi connectivity index (χ4n) is 3.39. The number of benzene rings is 3. The molecule has 6 nitrogen and oxygen atoms in total. The van der Waals surface area contributed by atoms with E-state index in [-0.39, 0.29) is 11.8 Å². The lowest BCUT2D eigenvalue weighted by Crippen LogP contribution is -2.49. The number of fused-ring (bicyclic) bond motifs is 1.